The number of hydrogen-bond acceptors (Lipinski definition) is 4. The molecule has 0 aliphatic carbocycles. The average molecular weight is 547 g/mol. The van der Waals surface area contributed by atoms with E-state index in [1.807, 2.05) is 18.2 Å². The molecule has 0 fully saturated rings. The molecule has 0 unspecified atom stereocenters. The van der Waals surface area contributed by atoms with Crippen LogP contribution in [0.15, 0.2) is 78.9 Å². The van der Waals surface area contributed by atoms with E-state index in [2.05, 4.69) is 63.4 Å². The minimum absolute atomic E-state index is 0.0555. The van der Waals surface area contributed by atoms with E-state index in [-0.39, 0.29) is 19.9 Å². The number of halogens is 1. The van der Waals surface area contributed by atoms with Gasteiger partial charge in [-0.3, -0.25) is 4.39 Å². The van der Waals surface area contributed by atoms with Crippen molar-refractivity contribution in [2.45, 2.75) is 52.4 Å². The van der Waals surface area contributed by atoms with Crippen molar-refractivity contribution in [1.29, 1.82) is 0 Å². The molecular formula is C35H43FO4. The number of hydrogen-bond donors (Lipinski definition) is 2. The minimum Gasteiger partial charge on any atom is -0.493 e. The van der Waals surface area contributed by atoms with Gasteiger partial charge in [-0.25, -0.2) is 0 Å². The van der Waals surface area contributed by atoms with Gasteiger partial charge in [0.05, 0.1) is 33.1 Å². The van der Waals surface area contributed by atoms with Crippen LogP contribution in [-0.2, 0) is 12.8 Å². The fourth-order valence-corrected chi connectivity index (χ4v) is 4.59. The molecular weight excluding hydrogens is 503 g/mol. The van der Waals surface area contributed by atoms with E-state index < -0.39 is 0 Å². The molecule has 40 heavy (non-hydrogen) atoms. The predicted molar refractivity (Wildman–Crippen MR) is 163 cm³/mol. The summed E-state index contributed by atoms with van der Waals surface area (Å²) in [7, 11) is 0. The average Bonchev–Trinajstić information content (AvgIpc) is 2.97. The zero-order valence-electron chi connectivity index (χ0n) is 24.0. The van der Waals surface area contributed by atoms with E-state index in [9.17, 15) is 14.6 Å². The normalized spacial score (nSPS) is 10.9. The summed E-state index contributed by atoms with van der Waals surface area (Å²) in [6.45, 7) is 12.4. The quantitative estimate of drug-likeness (QED) is 0.134. The zero-order chi connectivity index (χ0) is 28.9. The molecule has 0 heterocycles. The van der Waals surface area contributed by atoms with Crippen LogP contribution in [0, 0.1) is 6.92 Å². The molecule has 3 rings (SSSR count). The number of aliphatic hydroxyl groups is 2. The number of aliphatic hydroxyl groups excluding tert-OH is 2. The molecule has 0 spiro atoms. The van der Waals surface area contributed by atoms with Gasteiger partial charge < -0.3 is 19.7 Å². The Labute approximate surface area is 238 Å². The minimum atomic E-state index is -0.259. The SMILES string of the molecule is C=C(CO)CCOc1cc(OCCC(=C)CO)cc(-c2ccc(-c3ccc(CCCCF)c(C)c3)c(CC)c2)c1. The van der Waals surface area contributed by atoms with E-state index in [1.54, 1.807) is 0 Å². The van der Waals surface area contributed by atoms with Crippen LogP contribution in [0.25, 0.3) is 22.3 Å². The Bertz CT molecular complexity index is 1240. The third-order valence-electron chi connectivity index (χ3n) is 7.08. The maximum atomic E-state index is 12.5. The van der Waals surface area contributed by atoms with Gasteiger partial charge in [-0.15, -0.1) is 0 Å². The second-order valence-electron chi connectivity index (χ2n) is 10.2. The maximum absolute atomic E-state index is 12.5. The molecule has 214 valence electrons. The molecule has 2 N–H and O–H groups in total. The van der Waals surface area contributed by atoms with Crippen molar-refractivity contribution < 1.29 is 24.1 Å². The van der Waals surface area contributed by atoms with Gasteiger partial charge in [-0.2, -0.15) is 0 Å². The molecule has 0 aliphatic rings. The molecule has 0 radical (unpaired) electrons. The Morgan fingerprint density at radius 2 is 1.38 bits per heavy atom. The summed E-state index contributed by atoms with van der Waals surface area (Å²) in [4.78, 5) is 0. The molecule has 3 aromatic rings. The van der Waals surface area contributed by atoms with Gasteiger partial charge in [-0.05, 0) is 94.8 Å². The van der Waals surface area contributed by atoms with Crippen molar-refractivity contribution in [2.75, 3.05) is 33.1 Å². The fourth-order valence-electron chi connectivity index (χ4n) is 4.59. The fraction of sp³-hybridized carbons (Fsp3) is 0.371. The van der Waals surface area contributed by atoms with Crippen LogP contribution >= 0.6 is 0 Å². The van der Waals surface area contributed by atoms with Crippen LogP contribution < -0.4 is 9.47 Å². The van der Waals surface area contributed by atoms with E-state index in [0.29, 0.717) is 44.0 Å². The van der Waals surface area contributed by atoms with Gasteiger partial charge in [-0.1, -0.05) is 56.5 Å². The third kappa shape index (κ3) is 9.07. The highest BCUT2D eigenvalue weighted by Gasteiger charge is 2.11. The van der Waals surface area contributed by atoms with Crippen molar-refractivity contribution in [3.8, 4) is 33.8 Å². The van der Waals surface area contributed by atoms with Crippen molar-refractivity contribution in [1.82, 2.24) is 0 Å². The topological polar surface area (TPSA) is 58.9 Å². The molecule has 0 aliphatic heterocycles. The molecule has 0 bridgehead atoms. The molecule has 0 aromatic heterocycles. The highest BCUT2D eigenvalue weighted by Crippen LogP contribution is 2.34. The Balaban J connectivity index is 1.89. The monoisotopic (exact) mass is 546 g/mol. The highest BCUT2D eigenvalue weighted by atomic mass is 19.1. The van der Waals surface area contributed by atoms with Gasteiger partial charge in [0.15, 0.2) is 0 Å². The van der Waals surface area contributed by atoms with Crippen LogP contribution in [-0.4, -0.2) is 43.3 Å². The predicted octanol–water partition coefficient (Wildman–Crippen LogP) is 7.82. The van der Waals surface area contributed by atoms with Gasteiger partial charge >= 0.3 is 0 Å². The number of unbranched alkanes of at least 4 members (excludes halogenated alkanes) is 1. The summed E-state index contributed by atoms with van der Waals surface area (Å²) in [5.74, 6) is 1.36. The van der Waals surface area contributed by atoms with Crippen molar-refractivity contribution in [3.05, 3.63) is 95.6 Å². The van der Waals surface area contributed by atoms with Gasteiger partial charge in [0, 0.05) is 18.9 Å². The Hall–Kier alpha value is -3.41. The lowest BCUT2D eigenvalue weighted by Gasteiger charge is -2.16. The van der Waals surface area contributed by atoms with Gasteiger partial charge in [0.25, 0.3) is 0 Å². The molecule has 3 aromatic carbocycles. The first kappa shape index (κ1) is 31.1. The second-order valence-corrected chi connectivity index (χ2v) is 10.2. The summed E-state index contributed by atoms with van der Waals surface area (Å²) in [5.41, 5.74) is 9.65. The number of aryl methyl sites for hydroxylation is 3. The first-order valence-corrected chi connectivity index (χ1v) is 14.1. The summed E-state index contributed by atoms with van der Waals surface area (Å²) in [6.07, 6.45) is 4.39. The summed E-state index contributed by atoms with van der Waals surface area (Å²) < 4.78 is 24.5. The van der Waals surface area contributed by atoms with E-state index >= 15 is 0 Å². The first-order chi connectivity index (χ1) is 19.4. The highest BCUT2D eigenvalue weighted by molar-refractivity contribution is 5.75. The van der Waals surface area contributed by atoms with Crippen LogP contribution in [0.4, 0.5) is 4.39 Å². The Morgan fingerprint density at radius 1 is 0.750 bits per heavy atom. The molecule has 0 amide bonds. The molecule has 5 heteroatoms. The van der Waals surface area contributed by atoms with Crippen molar-refractivity contribution >= 4 is 0 Å². The maximum Gasteiger partial charge on any atom is 0.123 e. The molecule has 4 nitrogen and oxygen atoms in total. The Morgan fingerprint density at radius 3 is 1.93 bits per heavy atom. The van der Waals surface area contributed by atoms with Crippen LogP contribution in [0.5, 0.6) is 11.5 Å². The smallest absolute Gasteiger partial charge is 0.123 e. The third-order valence-corrected chi connectivity index (χ3v) is 7.08. The lowest BCUT2D eigenvalue weighted by Crippen LogP contribution is -2.03. The van der Waals surface area contributed by atoms with E-state index in [1.165, 1.54) is 27.8 Å². The standard InChI is InChI=1S/C35H43FO4/c1-5-28-19-30(11-12-35(28)31-10-9-29(27(4)18-31)8-6-7-15-36)32-20-33(39-16-13-25(2)23-37)22-34(21-32)40-17-14-26(3)24-38/h9-12,18-22,37-38H,2-3,5-8,13-17,23-24H2,1,4H3. The van der Waals surface area contributed by atoms with Crippen LogP contribution in [0.1, 0.15) is 49.3 Å². The number of benzene rings is 3. The van der Waals surface area contributed by atoms with Crippen molar-refractivity contribution in [3.63, 3.8) is 0 Å². The molecule has 0 saturated heterocycles. The van der Waals surface area contributed by atoms with Crippen LogP contribution in [0.2, 0.25) is 0 Å². The van der Waals surface area contributed by atoms with E-state index in [4.69, 9.17) is 9.47 Å². The summed E-state index contributed by atoms with van der Waals surface area (Å²) in [6, 6.07) is 19.0. The molecule has 0 saturated carbocycles. The van der Waals surface area contributed by atoms with Gasteiger partial charge in [0.1, 0.15) is 11.5 Å². The Kier molecular flexibility index (Phi) is 12.4. The first-order valence-electron chi connectivity index (χ1n) is 14.1. The largest absolute Gasteiger partial charge is 0.493 e. The second kappa shape index (κ2) is 16.0. The van der Waals surface area contributed by atoms with Crippen LogP contribution in [0.3, 0.4) is 0 Å². The lowest BCUT2D eigenvalue weighted by molar-refractivity contribution is 0.285. The summed E-state index contributed by atoms with van der Waals surface area (Å²) >= 11 is 0. The zero-order valence-corrected chi connectivity index (χ0v) is 24.0. The number of ether oxygens (including phenoxy) is 2. The number of rotatable bonds is 17. The van der Waals surface area contributed by atoms with Gasteiger partial charge in [0.2, 0.25) is 0 Å². The lowest BCUT2D eigenvalue weighted by atomic mass is 9.91. The summed E-state index contributed by atoms with van der Waals surface area (Å²) in [5, 5.41) is 18.5. The number of alkyl halides is 1. The van der Waals surface area contributed by atoms with E-state index in [0.717, 1.165) is 41.5 Å². The van der Waals surface area contributed by atoms with Crippen molar-refractivity contribution in [2.24, 2.45) is 0 Å². The molecule has 0 atom stereocenters.